The highest BCUT2D eigenvalue weighted by molar-refractivity contribution is 5.85. The summed E-state index contributed by atoms with van der Waals surface area (Å²) in [4.78, 5) is 29.3. The lowest BCUT2D eigenvalue weighted by Gasteiger charge is -2.40. The van der Waals surface area contributed by atoms with E-state index in [4.69, 9.17) is 0 Å². The summed E-state index contributed by atoms with van der Waals surface area (Å²) in [6.45, 7) is 5.12. The van der Waals surface area contributed by atoms with E-state index in [-0.39, 0.29) is 17.6 Å². The van der Waals surface area contributed by atoms with Crippen LogP contribution < -0.4 is 5.32 Å². The topological polar surface area (TPSA) is 52.7 Å². The maximum atomic E-state index is 14.5. The summed E-state index contributed by atoms with van der Waals surface area (Å²) < 4.78 is 14.5. The van der Waals surface area contributed by atoms with Gasteiger partial charge in [0.15, 0.2) is 0 Å². The molecule has 1 aromatic rings. The van der Waals surface area contributed by atoms with E-state index in [0.29, 0.717) is 37.4 Å². The molecule has 6 heteroatoms. The molecule has 0 saturated carbocycles. The van der Waals surface area contributed by atoms with Crippen molar-refractivity contribution in [3.63, 3.8) is 0 Å². The third kappa shape index (κ3) is 4.49. The van der Waals surface area contributed by atoms with Crippen molar-refractivity contribution in [3.8, 4) is 0 Å². The van der Waals surface area contributed by atoms with Gasteiger partial charge >= 0.3 is 0 Å². The summed E-state index contributed by atoms with van der Waals surface area (Å²) in [6.07, 6.45) is 2.97. The zero-order valence-electron chi connectivity index (χ0n) is 16.3. The van der Waals surface area contributed by atoms with Crippen LogP contribution in [0.1, 0.15) is 44.2 Å². The van der Waals surface area contributed by atoms with Gasteiger partial charge < -0.3 is 15.1 Å². The first-order chi connectivity index (χ1) is 13.0. The van der Waals surface area contributed by atoms with Gasteiger partial charge in [0.05, 0.1) is 12.0 Å². The quantitative estimate of drug-likeness (QED) is 0.861. The maximum Gasteiger partial charge on any atom is 0.225 e. The molecule has 2 aliphatic heterocycles. The number of carbonyl (C=O) groups is 2. The van der Waals surface area contributed by atoms with Crippen molar-refractivity contribution < 1.29 is 14.0 Å². The fourth-order valence-electron chi connectivity index (χ4n) is 4.34. The molecule has 0 aromatic heterocycles. The van der Waals surface area contributed by atoms with Gasteiger partial charge in [-0.3, -0.25) is 9.59 Å². The van der Waals surface area contributed by atoms with Crippen molar-refractivity contribution in [2.45, 2.75) is 38.6 Å². The number of likely N-dealkylation sites (tertiary alicyclic amines) is 2. The second-order valence-electron chi connectivity index (χ2n) is 7.78. The predicted octanol–water partition coefficient (Wildman–Crippen LogP) is 2.58. The highest BCUT2D eigenvalue weighted by Gasteiger charge is 2.41. The molecule has 148 valence electrons. The van der Waals surface area contributed by atoms with Crippen LogP contribution in [0.5, 0.6) is 0 Å². The number of carbonyl (C=O) groups excluding carboxylic acids is 2. The van der Waals surface area contributed by atoms with Crippen molar-refractivity contribution in [2.24, 2.45) is 11.8 Å². The smallest absolute Gasteiger partial charge is 0.225 e. The molecule has 27 heavy (non-hydrogen) atoms. The number of benzene rings is 1. The van der Waals surface area contributed by atoms with E-state index in [9.17, 15) is 14.0 Å². The van der Waals surface area contributed by atoms with E-state index >= 15 is 0 Å². The van der Waals surface area contributed by atoms with Gasteiger partial charge in [0.1, 0.15) is 5.82 Å². The summed E-state index contributed by atoms with van der Waals surface area (Å²) in [7, 11) is 2.12. The Kier molecular flexibility index (Phi) is 6.47. The van der Waals surface area contributed by atoms with E-state index in [2.05, 4.69) is 17.3 Å². The van der Waals surface area contributed by atoms with Crippen LogP contribution >= 0.6 is 0 Å². The SMILES string of the molecule is CCN1C(=O)CC[C@@H](C(=O)NCC2CCN(C)CC2)[C@@H]1c1ccccc1F. The number of piperidine rings is 2. The molecule has 5 nitrogen and oxygen atoms in total. The number of rotatable bonds is 5. The number of hydrogen-bond donors (Lipinski definition) is 1. The lowest BCUT2D eigenvalue weighted by atomic mass is 9.83. The second kappa shape index (κ2) is 8.83. The van der Waals surface area contributed by atoms with Gasteiger partial charge in [0.25, 0.3) is 0 Å². The Labute approximate surface area is 160 Å². The van der Waals surface area contributed by atoms with E-state index < -0.39 is 12.0 Å². The average molecular weight is 375 g/mol. The molecule has 3 rings (SSSR count). The molecule has 0 aliphatic carbocycles. The van der Waals surface area contributed by atoms with Crippen LogP contribution in [0.25, 0.3) is 0 Å². The Morgan fingerprint density at radius 2 is 1.93 bits per heavy atom. The van der Waals surface area contributed by atoms with Crippen molar-refractivity contribution >= 4 is 11.8 Å². The number of nitrogens with one attached hydrogen (secondary N) is 1. The molecule has 2 aliphatic rings. The summed E-state index contributed by atoms with van der Waals surface area (Å²) in [5, 5.41) is 3.10. The highest BCUT2D eigenvalue weighted by atomic mass is 19.1. The van der Waals surface area contributed by atoms with Gasteiger partial charge in [-0.2, -0.15) is 0 Å². The molecule has 0 radical (unpaired) electrons. The average Bonchev–Trinajstić information content (AvgIpc) is 2.67. The monoisotopic (exact) mass is 375 g/mol. The third-order valence-electron chi connectivity index (χ3n) is 6.01. The van der Waals surface area contributed by atoms with E-state index in [1.807, 2.05) is 6.92 Å². The minimum absolute atomic E-state index is 0.00915. The standard InChI is InChI=1S/C21H30FN3O2/c1-3-25-19(26)9-8-17(20(25)16-6-4-5-7-18(16)22)21(27)23-14-15-10-12-24(2)13-11-15/h4-7,15,17,20H,3,8-14H2,1-2H3,(H,23,27)/t17-,20+/m1/s1. The van der Waals surface area contributed by atoms with Crippen LogP contribution in [0.2, 0.25) is 0 Å². The molecule has 2 atom stereocenters. The first kappa shape index (κ1) is 19.8. The maximum absolute atomic E-state index is 14.5. The Balaban J connectivity index is 1.74. The van der Waals surface area contributed by atoms with Crippen LogP contribution in [0.4, 0.5) is 4.39 Å². The number of amides is 2. The van der Waals surface area contributed by atoms with Gasteiger partial charge in [0, 0.05) is 25.1 Å². The van der Waals surface area contributed by atoms with E-state index in [1.165, 1.54) is 6.07 Å². The Hall–Kier alpha value is -1.95. The Morgan fingerprint density at radius 3 is 2.59 bits per heavy atom. The van der Waals surface area contributed by atoms with Crippen molar-refractivity contribution in [2.75, 3.05) is 33.2 Å². The number of halogens is 1. The normalized spacial score (nSPS) is 24.9. The molecule has 0 bridgehead atoms. The summed E-state index contributed by atoms with van der Waals surface area (Å²) in [5.41, 5.74) is 0.437. The zero-order chi connectivity index (χ0) is 19.4. The lowest BCUT2D eigenvalue weighted by Crippen LogP contribution is -2.49. The van der Waals surface area contributed by atoms with Crippen LogP contribution in [0.15, 0.2) is 24.3 Å². The zero-order valence-corrected chi connectivity index (χ0v) is 16.3. The molecular weight excluding hydrogens is 345 g/mol. The molecule has 2 amide bonds. The van der Waals surface area contributed by atoms with Crippen LogP contribution in [-0.2, 0) is 9.59 Å². The molecule has 1 aromatic carbocycles. The predicted molar refractivity (Wildman–Crippen MR) is 102 cm³/mol. The summed E-state index contributed by atoms with van der Waals surface area (Å²) in [5.74, 6) is -0.350. The minimum atomic E-state index is -0.532. The van der Waals surface area contributed by atoms with Crippen LogP contribution in [-0.4, -0.2) is 54.8 Å². The fourth-order valence-corrected chi connectivity index (χ4v) is 4.34. The molecule has 1 N–H and O–H groups in total. The van der Waals surface area contributed by atoms with Crippen LogP contribution in [0.3, 0.4) is 0 Å². The molecule has 2 saturated heterocycles. The Morgan fingerprint density at radius 1 is 1.22 bits per heavy atom. The summed E-state index contributed by atoms with van der Waals surface area (Å²) in [6, 6.07) is 5.96. The first-order valence-electron chi connectivity index (χ1n) is 10.0. The molecule has 2 fully saturated rings. The first-order valence-corrected chi connectivity index (χ1v) is 10.0. The van der Waals surface area contributed by atoms with Crippen molar-refractivity contribution in [1.82, 2.24) is 15.1 Å². The molecule has 0 spiro atoms. The number of nitrogens with zero attached hydrogens (tertiary/aromatic N) is 2. The van der Waals surface area contributed by atoms with Gasteiger partial charge in [-0.1, -0.05) is 18.2 Å². The van der Waals surface area contributed by atoms with Gasteiger partial charge in [-0.25, -0.2) is 4.39 Å². The highest BCUT2D eigenvalue weighted by Crippen LogP contribution is 2.37. The third-order valence-corrected chi connectivity index (χ3v) is 6.01. The molecule has 2 heterocycles. The van der Waals surface area contributed by atoms with Crippen molar-refractivity contribution in [1.29, 1.82) is 0 Å². The van der Waals surface area contributed by atoms with Gasteiger partial charge in [0.2, 0.25) is 11.8 Å². The van der Waals surface area contributed by atoms with Crippen molar-refractivity contribution in [3.05, 3.63) is 35.6 Å². The number of hydrogen-bond acceptors (Lipinski definition) is 3. The minimum Gasteiger partial charge on any atom is -0.356 e. The second-order valence-corrected chi connectivity index (χ2v) is 7.78. The molecule has 0 unspecified atom stereocenters. The lowest BCUT2D eigenvalue weighted by molar-refractivity contribution is -0.143. The largest absolute Gasteiger partial charge is 0.356 e. The Bertz CT molecular complexity index is 673. The fraction of sp³-hybridized carbons (Fsp3) is 0.619. The van der Waals surface area contributed by atoms with E-state index in [0.717, 1.165) is 25.9 Å². The summed E-state index contributed by atoms with van der Waals surface area (Å²) >= 11 is 0. The van der Waals surface area contributed by atoms with Gasteiger partial charge in [-0.15, -0.1) is 0 Å². The van der Waals surface area contributed by atoms with Crippen LogP contribution in [0, 0.1) is 17.7 Å². The van der Waals surface area contributed by atoms with E-state index in [1.54, 1.807) is 23.1 Å². The van der Waals surface area contributed by atoms with Gasteiger partial charge in [-0.05, 0) is 58.3 Å². The molecular formula is C21H30FN3O2.